The fraction of sp³-hybridized carbons (Fsp3) is 0.476. The van der Waals surface area contributed by atoms with Gasteiger partial charge in [0, 0.05) is 37.7 Å². The molecule has 2 N–H and O–H groups in total. The standard InChI is InChI=1S/C21H29FN4OS/c1-23-21(24-13-16-7-8-18(22)17(12-16)15-27-2)25-14-19(20-6-5-11-28-20)26-9-3-4-10-26/h5-8,11-12,19H,3-4,9-10,13-15H2,1-2H3,(H2,23,24,25). The number of halogens is 1. The summed E-state index contributed by atoms with van der Waals surface area (Å²) in [5.41, 5.74) is 1.56. The quantitative estimate of drug-likeness (QED) is 0.522. The second-order valence-corrected chi connectivity index (χ2v) is 7.92. The van der Waals surface area contributed by atoms with Gasteiger partial charge in [-0.3, -0.25) is 9.89 Å². The lowest BCUT2D eigenvalue weighted by atomic mass is 10.1. The Bertz CT molecular complexity index is 760. The van der Waals surface area contributed by atoms with Gasteiger partial charge in [-0.1, -0.05) is 12.1 Å². The van der Waals surface area contributed by atoms with Gasteiger partial charge in [0.25, 0.3) is 0 Å². The zero-order valence-electron chi connectivity index (χ0n) is 16.6. The highest BCUT2D eigenvalue weighted by Crippen LogP contribution is 2.27. The summed E-state index contributed by atoms with van der Waals surface area (Å²) < 4.78 is 18.8. The zero-order valence-corrected chi connectivity index (χ0v) is 17.4. The minimum absolute atomic E-state index is 0.238. The third-order valence-corrected chi connectivity index (χ3v) is 5.98. The van der Waals surface area contributed by atoms with Gasteiger partial charge in [-0.15, -0.1) is 11.3 Å². The topological polar surface area (TPSA) is 48.9 Å². The smallest absolute Gasteiger partial charge is 0.191 e. The maximum absolute atomic E-state index is 13.8. The average Bonchev–Trinajstić information content (AvgIpc) is 3.41. The molecule has 152 valence electrons. The Labute approximate surface area is 170 Å². The van der Waals surface area contributed by atoms with Crippen molar-refractivity contribution in [1.82, 2.24) is 15.5 Å². The van der Waals surface area contributed by atoms with Crippen LogP contribution < -0.4 is 10.6 Å². The van der Waals surface area contributed by atoms with E-state index in [0.29, 0.717) is 18.2 Å². The molecule has 0 saturated carbocycles. The molecule has 2 heterocycles. The van der Waals surface area contributed by atoms with Crippen LogP contribution in [0.15, 0.2) is 40.7 Å². The molecule has 7 heteroatoms. The minimum atomic E-state index is -0.238. The maximum atomic E-state index is 13.8. The van der Waals surface area contributed by atoms with Gasteiger partial charge in [0.15, 0.2) is 5.96 Å². The largest absolute Gasteiger partial charge is 0.380 e. The van der Waals surface area contributed by atoms with E-state index in [0.717, 1.165) is 31.2 Å². The van der Waals surface area contributed by atoms with Crippen LogP contribution in [0.5, 0.6) is 0 Å². The van der Waals surface area contributed by atoms with Gasteiger partial charge in [0.05, 0.1) is 12.6 Å². The number of nitrogens with one attached hydrogen (secondary N) is 2. The van der Waals surface area contributed by atoms with Gasteiger partial charge in [0.2, 0.25) is 0 Å². The lowest BCUT2D eigenvalue weighted by molar-refractivity contribution is 0.181. The SMILES string of the molecule is CN=C(NCc1ccc(F)c(COC)c1)NCC(c1cccs1)N1CCCC1. The highest BCUT2D eigenvalue weighted by atomic mass is 32.1. The predicted molar refractivity (Wildman–Crippen MR) is 113 cm³/mol. The summed E-state index contributed by atoms with van der Waals surface area (Å²) in [6.45, 7) is 3.94. The molecule has 1 fully saturated rings. The van der Waals surface area contributed by atoms with E-state index in [9.17, 15) is 4.39 Å². The van der Waals surface area contributed by atoms with Crippen molar-refractivity contribution in [2.24, 2.45) is 4.99 Å². The molecule has 1 aliphatic rings. The second kappa shape index (κ2) is 10.5. The zero-order chi connectivity index (χ0) is 19.8. The van der Waals surface area contributed by atoms with Gasteiger partial charge in [-0.2, -0.15) is 0 Å². The molecule has 1 aromatic heterocycles. The first-order valence-corrected chi connectivity index (χ1v) is 10.6. The normalized spacial score (nSPS) is 16.3. The highest BCUT2D eigenvalue weighted by molar-refractivity contribution is 7.10. The minimum Gasteiger partial charge on any atom is -0.380 e. The number of nitrogens with zero attached hydrogens (tertiary/aromatic N) is 2. The number of guanidine groups is 1. The highest BCUT2D eigenvalue weighted by Gasteiger charge is 2.24. The summed E-state index contributed by atoms with van der Waals surface area (Å²) in [5.74, 6) is 0.510. The Morgan fingerprint density at radius 1 is 1.29 bits per heavy atom. The number of hydrogen-bond donors (Lipinski definition) is 2. The first-order valence-electron chi connectivity index (χ1n) is 9.69. The number of methoxy groups -OCH3 is 1. The molecule has 1 unspecified atom stereocenters. The fourth-order valence-corrected chi connectivity index (χ4v) is 4.41. The van der Waals surface area contributed by atoms with Crippen molar-refractivity contribution in [2.75, 3.05) is 33.8 Å². The van der Waals surface area contributed by atoms with Gasteiger partial charge in [-0.25, -0.2) is 4.39 Å². The van der Waals surface area contributed by atoms with Crippen molar-refractivity contribution < 1.29 is 9.13 Å². The van der Waals surface area contributed by atoms with E-state index in [-0.39, 0.29) is 12.4 Å². The van der Waals surface area contributed by atoms with Gasteiger partial charge in [0.1, 0.15) is 5.82 Å². The summed E-state index contributed by atoms with van der Waals surface area (Å²) >= 11 is 1.81. The average molecular weight is 405 g/mol. The van der Waals surface area contributed by atoms with E-state index in [4.69, 9.17) is 4.74 Å². The van der Waals surface area contributed by atoms with Crippen LogP contribution in [0.1, 0.15) is 34.9 Å². The molecule has 3 rings (SSSR count). The first kappa shape index (κ1) is 20.8. The molecule has 0 aliphatic carbocycles. The van der Waals surface area contributed by atoms with Crippen molar-refractivity contribution in [2.45, 2.75) is 32.0 Å². The Morgan fingerprint density at radius 3 is 2.79 bits per heavy atom. The number of rotatable bonds is 8. The molecule has 28 heavy (non-hydrogen) atoms. The van der Waals surface area contributed by atoms with Crippen LogP contribution in [0, 0.1) is 5.82 Å². The Balaban J connectivity index is 1.57. The van der Waals surface area contributed by atoms with E-state index in [1.54, 1.807) is 31.6 Å². The van der Waals surface area contributed by atoms with Gasteiger partial charge in [-0.05, 0) is 55.1 Å². The molecule has 2 aromatic rings. The Hall–Kier alpha value is -1.96. The summed E-state index contributed by atoms with van der Waals surface area (Å²) in [7, 11) is 3.34. The lowest BCUT2D eigenvalue weighted by Gasteiger charge is -2.27. The lowest BCUT2D eigenvalue weighted by Crippen LogP contribution is -2.42. The van der Waals surface area contributed by atoms with Crippen molar-refractivity contribution in [3.63, 3.8) is 0 Å². The van der Waals surface area contributed by atoms with E-state index >= 15 is 0 Å². The fourth-order valence-electron chi connectivity index (χ4n) is 3.55. The van der Waals surface area contributed by atoms with E-state index < -0.39 is 0 Å². The van der Waals surface area contributed by atoms with Crippen LogP contribution in [-0.4, -0.2) is 44.7 Å². The molecule has 1 aromatic carbocycles. The molecule has 1 saturated heterocycles. The van der Waals surface area contributed by atoms with Crippen LogP contribution in [0.2, 0.25) is 0 Å². The molecular formula is C21H29FN4OS. The van der Waals surface area contributed by atoms with Crippen LogP contribution in [0.25, 0.3) is 0 Å². The van der Waals surface area contributed by atoms with Crippen molar-refractivity contribution in [3.8, 4) is 0 Å². The molecule has 1 atom stereocenters. The summed E-state index contributed by atoms with van der Waals surface area (Å²) in [6.07, 6.45) is 2.53. The molecule has 5 nitrogen and oxygen atoms in total. The summed E-state index contributed by atoms with van der Waals surface area (Å²) in [6, 6.07) is 9.79. The number of ether oxygens (including phenoxy) is 1. The van der Waals surface area contributed by atoms with Crippen LogP contribution in [0.3, 0.4) is 0 Å². The molecule has 0 spiro atoms. The molecule has 1 aliphatic heterocycles. The van der Waals surface area contributed by atoms with Gasteiger partial charge >= 0.3 is 0 Å². The third-order valence-electron chi connectivity index (χ3n) is 5.01. The summed E-state index contributed by atoms with van der Waals surface area (Å²) in [5, 5.41) is 8.92. The monoisotopic (exact) mass is 404 g/mol. The molecule has 0 radical (unpaired) electrons. The van der Waals surface area contributed by atoms with E-state index in [1.807, 2.05) is 6.07 Å². The second-order valence-electron chi connectivity index (χ2n) is 6.94. The number of hydrogen-bond acceptors (Lipinski definition) is 4. The van der Waals surface area contributed by atoms with E-state index in [1.165, 1.54) is 23.8 Å². The third kappa shape index (κ3) is 5.53. The Kier molecular flexibility index (Phi) is 7.82. The maximum Gasteiger partial charge on any atom is 0.191 e. The van der Waals surface area contributed by atoms with Crippen molar-refractivity contribution in [3.05, 3.63) is 57.5 Å². The first-order chi connectivity index (χ1) is 13.7. The molecule has 0 bridgehead atoms. The van der Waals surface area contributed by atoms with E-state index in [2.05, 4.69) is 38.0 Å². The number of likely N-dealkylation sites (tertiary alicyclic amines) is 1. The van der Waals surface area contributed by atoms with Gasteiger partial charge < -0.3 is 15.4 Å². The number of benzene rings is 1. The van der Waals surface area contributed by atoms with Crippen molar-refractivity contribution >= 4 is 17.3 Å². The van der Waals surface area contributed by atoms with Crippen LogP contribution in [0.4, 0.5) is 4.39 Å². The van der Waals surface area contributed by atoms with Crippen LogP contribution in [-0.2, 0) is 17.9 Å². The summed E-state index contributed by atoms with van der Waals surface area (Å²) in [4.78, 5) is 8.27. The molecule has 0 amide bonds. The van der Waals surface area contributed by atoms with Crippen molar-refractivity contribution in [1.29, 1.82) is 0 Å². The Morgan fingerprint density at radius 2 is 2.11 bits per heavy atom. The molecular weight excluding hydrogens is 375 g/mol. The number of aliphatic imine (C=N–C) groups is 1. The van der Waals surface area contributed by atoms with Crippen LogP contribution >= 0.6 is 11.3 Å². The predicted octanol–water partition coefficient (Wildman–Crippen LogP) is 3.54. The number of thiophene rings is 1.